The average molecular weight is 336 g/mol. The number of nitrogens with one attached hydrogen (secondary N) is 1. The van der Waals surface area contributed by atoms with Gasteiger partial charge in [-0.05, 0) is 51.5 Å². The lowest BCUT2D eigenvalue weighted by Crippen LogP contribution is -2.57. The molecule has 1 N–H and O–H groups in total. The second-order valence-corrected chi connectivity index (χ2v) is 7.43. The maximum absolute atomic E-state index is 4.91. The summed E-state index contributed by atoms with van der Waals surface area (Å²) in [5, 5.41) is 8.46. The summed E-state index contributed by atoms with van der Waals surface area (Å²) in [7, 11) is 0. The molecule has 1 aliphatic heterocycles. The number of aromatic nitrogens is 4. The Morgan fingerprint density at radius 1 is 1.16 bits per heavy atom. The maximum atomic E-state index is 4.91. The molecule has 1 saturated heterocycles. The number of rotatable bonds is 2. The number of anilines is 1. The second-order valence-electron chi connectivity index (χ2n) is 7.43. The van der Waals surface area contributed by atoms with E-state index in [9.17, 15) is 0 Å². The molecule has 1 aliphatic rings. The molecular weight excluding hydrogens is 312 g/mol. The summed E-state index contributed by atoms with van der Waals surface area (Å²) in [6.45, 7) is 11.5. The highest BCUT2D eigenvalue weighted by molar-refractivity contribution is 5.67. The van der Waals surface area contributed by atoms with Crippen LogP contribution in [0.5, 0.6) is 0 Å². The fourth-order valence-electron chi connectivity index (χ4n) is 3.54. The molecule has 0 radical (unpaired) electrons. The van der Waals surface area contributed by atoms with Gasteiger partial charge in [0.05, 0.1) is 11.4 Å². The number of imidazole rings is 1. The zero-order valence-corrected chi connectivity index (χ0v) is 15.2. The van der Waals surface area contributed by atoms with Crippen LogP contribution in [0.2, 0.25) is 0 Å². The van der Waals surface area contributed by atoms with E-state index in [0.29, 0.717) is 0 Å². The monoisotopic (exact) mass is 336 g/mol. The summed E-state index contributed by atoms with van der Waals surface area (Å²) in [5.74, 6) is 1.02. The van der Waals surface area contributed by atoms with E-state index in [4.69, 9.17) is 10.1 Å². The Labute approximate surface area is 147 Å². The fraction of sp³-hybridized carbons (Fsp3) is 0.421. The van der Waals surface area contributed by atoms with Gasteiger partial charge in [0, 0.05) is 43.1 Å². The predicted octanol–water partition coefficient (Wildman–Crippen LogP) is 2.60. The second kappa shape index (κ2) is 5.81. The number of hydrogen-bond donors (Lipinski definition) is 1. The molecule has 130 valence electrons. The van der Waals surface area contributed by atoms with Gasteiger partial charge in [-0.15, -0.1) is 5.10 Å². The molecule has 3 aromatic heterocycles. The predicted molar refractivity (Wildman–Crippen MR) is 100.0 cm³/mol. The number of fused-ring (bicyclic) bond motifs is 1. The smallest absolute Gasteiger partial charge is 0.157 e. The van der Waals surface area contributed by atoms with E-state index in [0.717, 1.165) is 53.6 Å². The Bertz CT molecular complexity index is 913. The molecule has 25 heavy (non-hydrogen) atoms. The lowest BCUT2D eigenvalue weighted by atomic mass is 10.0. The van der Waals surface area contributed by atoms with Crippen molar-refractivity contribution in [2.24, 2.45) is 0 Å². The molecule has 0 unspecified atom stereocenters. The zero-order chi connectivity index (χ0) is 17.6. The SMILES string of the molecule is Cc1cc(N2CCNC(C)(C)C2)nn2c(C)c(-c3ccncc3)nc12. The third kappa shape index (κ3) is 2.87. The summed E-state index contributed by atoms with van der Waals surface area (Å²) < 4.78 is 1.98. The number of pyridine rings is 1. The van der Waals surface area contributed by atoms with Crippen LogP contribution in [0.3, 0.4) is 0 Å². The average Bonchev–Trinajstić information content (AvgIpc) is 2.92. The van der Waals surface area contributed by atoms with E-state index in [2.05, 4.69) is 49.0 Å². The van der Waals surface area contributed by atoms with Gasteiger partial charge >= 0.3 is 0 Å². The molecule has 0 spiro atoms. The first-order valence-corrected chi connectivity index (χ1v) is 8.72. The van der Waals surface area contributed by atoms with E-state index in [-0.39, 0.29) is 5.54 Å². The van der Waals surface area contributed by atoms with Gasteiger partial charge in [-0.3, -0.25) is 4.98 Å². The molecular formula is C19H24N6. The van der Waals surface area contributed by atoms with Crippen molar-refractivity contribution in [1.82, 2.24) is 24.9 Å². The van der Waals surface area contributed by atoms with Crippen molar-refractivity contribution >= 4 is 11.5 Å². The van der Waals surface area contributed by atoms with E-state index < -0.39 is 0 Å². The largest absolute Gasteiger partial charge is 0.352 e. The minimum atomic E-state index is 0.0922. The van der Waals surface area contributed by atoms with Gasteiger partial charge in [0.15, 0.2) is 5.65 Å². The van der Waals surface area contributed by atoms with E-state index in [1.54, 1.807) is 12.4 Å². The lowest BCUT2D eigenvalue weighted by Gasteiger charge is -2.39. The van der Waals surface area contributed by atoms with Crippen molar-refractivity contribution in [1.29, 1.82) is 0 Å². The lowest BCUT2D eigenvalue weighted by molar-refractivity contribution is 0.351. The molecule has 0 amide bonds. The molecule has 0 atom stereocenters. The topological polar surface area (TPSA) is 58.4 Å². The summed E-state index contributed by atoms with van der Waals surface area (Å²) in [4.78, 5) is 11.3. The van der Waals surface area contributed by atoms with Gasteiger partial charge in [-0.25, -0.2) is 9.50 Å². The fourth-order valence-corrected chi connectivity index (χ4v) is 3.54. The summed E-state index contributed by atoms with van der Waals surface area (Å²) in [6, 6.07) is 6.13. The van der Waals surface area contributed by atoms with Crippen LogP contribution in [0.15, 0.2) is 30.6 Å². The van der Waals surface area contributed by atoms with Crippen LogP contribution in [0.4, 0.5) is 5.82 Å². The van der Waals surface area contributed by atoms with Crippen LogP contribution in [0, 0.1) is 13.8 Å². The Morgan fingerprint density at radius 3 is 2.64 bits per heavy atom. The Hall–Kier alpha value is -2.47. The minimum Gasteiger partial charge on any atom is -0.352 e. The molecule has 6 heteroatoms. The van der Waals surface area contributed by atoms with Crippen molar-refractivity contribution in [2.45, 2.75) is 33.2 Å². The molecule has 6 nitrogen and oxygen atoms in total. The van der Waals surface area contributed by atoms with Crippen molar-refractivity contribution in [3.8, 4) is 11.3 Å². The third-order valence-electron chi connectivity index (χ3n) is 4.83. The normalized spacial score (nSPS) is 17.2. The summed E-state index contributed by atoms with van der Waals surface area (Å²) in [6.07, 6.45) is 3.60. The Kier molecular flexibility index (Phi) is 3.72. The van der Waals surface area contributed by atoms with Crippen molar-refractivity contribution in [3.63, 3.8) is 0 Å². The van der Waals surface area contributed by atoms with Crippen molar-refractivity contribution in [3.05, 3.63) is 41.9 Å². The summed E-state index contributed by atoms with van der Waals surface area (Å²) >= 11 is 0. The van der Waals surface area contributed by atoms with Gasteiger partial charge in [-0.1, -0.05) is 0 Å². The highest BCUT2D eigenvalue weighted by Gasteiger charge is 2.27. The van der Waals surface area contributed by atoms with Crippen LogP contribution in [-0.4, -0.2) is 44.8 Å². The number of hydrogen-bond acceptors (Lipinski definition) is 5. The highest BCUT2D eigenvalue weighted by atomic mass is 15.4. The first-order valence-electron chi connectivity index (χ1n) is 8.72. The number of nitrogens with zero attached hydrogens (tertiary/aromatic N) is 5. The Balaban J connectivity index is 1.81. The molecule has 0 bridgehead atoms. The van der Waals surface area contributed by atoms with E-state index >= 15 is 0 Å². The first kappa shape index (κ1) is 16.0. The maximum Gasteiger partial charge on any atom is 0.157 e. The van der Waals surface area contributed by atoms with Crippen LogP contribution in [0.25, 0.3) is 16.9 Å². The van der Waals surface area contributed by atoms with Crippen molar-refractivity contribution in [2.75, 3.05) is 24.5 Å². The Morgan fingerprint density at radius 2 is 1.92 bits per heavy atom. The molecule has 4 rings (SSSR count). The first-order chi connectivity index (χ1) is 11.9. The molecule has 0 aromatic carbocycles. The van der Waals surface area contributed by atoms with Crippen LogP contribution < -0.4 is 10.2 Å². The van der Waals surface area contributed by atoms with Gasteiger partial charge in [0.25, 0.3) is 0 Å². The molecule has 4 heterocycles. The van der Waals surface area contributed by atoms with Crippen LogP contribution in [-0.2, 0) is 0 Å². The molecule has 3 aromatic rings. The van der Waals surface area contributed by atoms with Gasteiger partial charge in [0.2, 0.25) is 0 Å². The van der Waals surface area contributed by atoms with Gasteiger partial charge in [-0.2, -0.15) is 0 Å². The number of piperazine rings is 1. The number of aryl methyl sites for hydroxylation is 2. The van der Waals surface area contributed by atoms with Crippen molar-refractivity contribution < 1.29 is 0 Å². The van der Waals surface area contributed by atoms with E-state index in [1.165, 1.54) is 0 Å². The van der Waals surface area contributed by atoms with Gasteiger partial charge < -0.3 is 10.2 Å². The van der Waals surface area contributed by atoms with E-state index in [1.807, 2.05) is 16.6 Å². The van der Waals surface area contributed by atoms with Crippen LogP contribution in [0.1, 0.15) is 25.1 Å². The highest BCUT2D eigenvalue weighted by Crippen LogP contribution is 2.26. The van der Waals surface area contributed by atoms with Gasteiger partial charge in [0.1, 0.15) is 5.82 Å². The summed E-state index contributed by atoms with van der Waals surface area (Å²) in [5.41, 5.74) is 5.25. The third-order valence-corrected chi connectivity index (χ3v) is 4.83. The van der Waals surface area contributed by atoms with Crippen LogP contribution >= 0.6 is 0 Å². The molecule has 1 fully saturated rings. The molecule has 0 saturated carbocycles. The zero-order valence-electron chi connectivity index (χ0n) is 15.2. The molecule has 0 aliphatic carbocycles. The minimum absolute atomic E-state index is 0.0922. The standard InChI is InChI=1S/C19H24N6/c1-13-11-16(24-10-9-21-19(3,4)12-24)23-25-14(2)17(22-18(13)25)15-5-7-20-8-6-15/h5-8,11,21H,9-10,12H2,1-4H3. The quantitative estimate of drug-likeness (QED) is 0.779.